The van der Waals surface area contributed by atoms with E-state index in [2.05, 4.69) is 9.97 Å². The summed E-state index contributed by atoms with van der Waals surface area (Å²) in [6, 6.07) is 10.9. The fourth-order valence-corrected chi connectivity index (χ4v) is 2.29. The number of aryl methyl sites for hydroxylation is 2. The lowest BCUT2D eigenvalue weighted by molar-refractivity contribution is 0.0264. The first-order valence-electron chi connectivity index (χ1n) is 8.80. The molecule has 0 amide bonds. The zero-order valence-corrected chi connectivity index (χ0v) is 16.0. The van der Waals surface area contributed by atoms with E-state index in [9.17, 15) is 0 Å². The molecule has 0 fully saturated rings. The largest absolute Gasteiger partial charge is 0.491 e. The number of hydrogen-bond acceptors (Lipinski definition) is 8. The Bertz CT molecular complexity index is 838. The average Bonchev–Trinajstić information content (AvgIpc) is 2.68. The molecule has 28 heavy (non-hydrogen) atoms. The van der Waals surface area contributed by atoms with Crippen molar-refractivity contribution in [2.45, 2.75) is 13.8 Å². The van der Waals surface area contributed by atoms with Crippen LogP contribution in [0.3, 0.4) is 0 Å². The SMILES string of the molecule is Cc1cc(C)nc(OCCOCCOCCOc2ccc(C#N)c(C#N)c2)n1. The van der Waals surface area contributed by atoms with Gasteiger partial charge in [-0.25, -0.2) is 9.97 Å². The maximum absolute atomic E-state index is 8.98. The van der Waals surface area contributed by atoms with Crippen molar-refractivity contribution < 1.29 is 18.9 Å². The fraction of sp³-hybridized carbons (Fsp3) is 0.400. The van der Waals surface area contributed by atoms with E-state index >= 15 is 0 Å². The standard InChI is InChI=1S/C20H22N4O4/c1-15-11-16(2)24-20(23-15)28-10-8-26-6-5-25-7-9-27-19-4-3-17(13-21)18(12-19)14-22/h3-4,11-12H,5-10H2,1-2H3. The van der Waals surface area contributed by atoms with E-state index in [0.29, 0.717) is 62.5 Å². The van der Waals surface area contributed by atoms with E-state index in [0.717, 1.165) is 11.4 Å². The van der Waals surface area contributed by atoms with Gasteiger partial charge in [-0.3, -0.25) is 0 Å². The minimum absolute atomic E-state index is 0.294. The molecule has 0 saturated carbocycles. The number of aromatic nitrogens is 2. The molecule has 0 spiro atoms. The molecule has 2 rings (SSSR count). The number of benzene rings is 1. The van der Waals surface area contributed by atoms with Gasteiger partial charge in [0.1, 0.15) is 31.1 Å². The average molecular weight is 382 g/mol. The minimum atomic E-state index is 0.294. The van der Waals surface area contributed by atoms with Crippen LogP contribution in [0.25, 0.3) is 0 Å². The van der Waals surface area contributed by atoms with Gasteiger partial charge in [0.25, 0.3) is 0 Å². The second-order valence-electron chi connectivity index (χ2n) is 5.79. The summed E-state index contributed by atoms with van der Waals surface area (Å²) in [5.74, 6) is 0.529. The maximum atomic E-state index is 8.98. The second-order valence-corrected chi connectivity index (χ2v) is 5.79. The molecule has 0 atom stereocenters. The van der Waals surface area contributed by atoms with Crippen LogP contribution in [0.5, 0.6) is 11.8 Å². The third kappa shape index (κ3) is 7.20. The molecule has 0 N–H and O–H groups in total. The summed E-state index contributed by atoms with van der Waals surface area (Å²) in [7, 11) is 0. The quantitative estimate of drug-likeness (QED) is 0.545. The molecule has 8 nitrogen and oxygen atoms in total. The molecular weight excluding hydrogens is 360 g/mol. The maximum Gasteiger partial charge on any atom is 0.316 e. The van der Waals surface area contributed by atoms with Crippen LogP contribution >= 0.6 is 0 Å². The zero-order valence-electron chi connectivity index (χ0n) is 16.0. The van der Waals surface area contributed by atoms with E-state index in [-0.39, 0.29) is 0 Å². The lowest BCUT2D eigenvalue weighted by atomic mass is 10.1. The Balaban J connectivity index is 1.51. The summed E-state index contributed by atoms with van der Waals surface area (Å²) in [6.07, 6.45) is 0. The Morgan fingerprint density at radius 3 is 1.93 bits per heavy atom. The van der Waals surface area contributed by atoms with Crippen molar-refractivity contribution in [1.29, 1.82) is 10.5 Å². The molecule has 8 heteroatoms. The first-order chi connectivity index (χ1) is 13.6. The van der Waals surface area contributed by atoms with Crippen molar-refractivity contribution in [1.82, 2.24) is 9.97 Å². The van der Waals surface area contributed by atoms with Crippen LogP contribution in [0, 0.1) is 36.5 Å². The Labute approximate surface area is 164 Å². The smallest absolute Gasteiger partial charge is 0.316 e. The van der Waals surface area contributed by atoms with Crippen LogP contribution in [-0.2, 0) is 9.47 Å². The summed E-state index contributed by atoms with van der Waals surface area (Å²) < 4.78 is 21.8. The Kier molecular flexibility index (Phi) is 8.67. The molecule has 2 aromatic rings. The van der Waals surface area contributed by atoms with E-state index < -0.39 is 0 Å². The van der Waals surface area contributed by atoms with Gasteiger partial charge in [-0.2, -0.15) is 10.5 Å². The van der Waals surface area contributed by atoms with Crippen LogP contribution in [-0.4, -0.2) is 49.6 Å². The molecule has 0 bridgehead atoms. The molecule has 1 aromatic heterocycles. The first kappa shape index (κ1) is 21.1. The topological polar surface area (TPSA) is 110 Å². The molecule has 1 aromatic carbocycles. The van der Waals surface area contributed by atoms with E-state index in [1.807, 2.05) is 32.1 Å². The van der Waals surface area contributed by atoms with Crippen molar-refractivity contribution in [2.24, 2.45) is 0 Å². The van der Waals surface area contributed by atoms with Gasteiger partial charge in [0.05, 0.1) is 37.6 Å². The highest BCUT2D eigenvalue weighted by atomic mass is 16.6. The Morgan fingerprint density at radius 2 is 1.32 bits per heavy atom. The van der Waals surface area contributed by atoms with Crippen LogP contribution < -0.4 is 9.47 Å². The molecule has 146 valence electrons. The highest BCUT2D eigenvalue weighted by Crippen LogP contribution is 2.16. The van der Waals surface area contributed by atoms with Crippen LogP contribution in [0.2, 0.25) is 0 Å². The predicted octanol–water partition coefficient (Wildman–Crippen LogP) is 2.33. The van der Waals surface area contributed by atoms with Crippen molar-refractivity contribution in [3.05, 3.63) is 46.8 Å². The lowest BCUT2D eigenvalue weighted by Gasteiger charge is -2.09. The van der Waals surface area contributed by atoms with Gasteiger partial charge in [0, 0.05) is 11.4 Å². The van der Waals surface area contributed by atoms with E-state index in [1.54, 1.807) is 18.2 Å². The number of nitriles is 2. The van der Waals surface area contributed by atoms with Gasteiger partial charge >= 0.3 is 6.01 Å². The number of ether oxygens (including phenoxy) is 4. The number of hydrogen-bond donors (Lipinski definition) is 0. The molecule has 0 aliphatic rings. The van der Waals surface area contributed by atoms with Gasteiger partial charge in [-0.15, -0.1) is 0 Å². The van der Waals surface area contributed by atoms with Crippen LogP contribution in [0.4, 0.5) is 0 Å². The molecule has 0 unspecified atom stereocenters. The summed E-state index contributed by atoms with van der Waals surface area (Å²) in [5, 5.41) is 17.9. The van der Waals surface area contributed by atoms with E-state index in [1.165, 1.54) is 0 Å². The monoisotopic (exact) mass is 382 g/mol. The summed E-state index contributed by atoms with van der Waals surface area (Å²) in [5.41, 5.74) is 2.35. The first-order valence-corrected chi connectivity index (χ1v) is 8.80. The lowest BCUT2D eigenvalue weighted by Crippen LogP contribution is -2.14. The molecule has 0 aliphatic carbocycles. The van der Waals surface area contributed by atoms with Crippen molar-refractivity contribution in [3.63, 3.8) is 0 Å². The van der Waals surface area contributed by atoms with Crippen LogP contribution in [0.1, 0.15) is 22.5 Å². The highest BCUT2D eigenvalue weighted by molar-refractivity contribution is 5.49. The van der Waals surface area contributed by atoms with Gasteiger partial charge in [-0.05, 0) is 38.1 Å². The molecule has 1 heterocycles. The van der Waals surface area contributed by atoms with E-state index in [4.69, 9.17) is 29.5 Å². The molecule has 0 radical (unpaired) electrons. The van der Waals surface area contributed by atoms with Gasteiger partial charge in [-0.1, -0.05) is 0 Å². The van der Waals surface area contributed by atoms with Gasteiger partial charge in [0.2, 0.25) is 0 Å². The van der Waals surface area contributed by atoms with Gasteiger partial charge < -0.3 is 18.9 Å². The summed E-state index contributed by atoms with van der Waals surface area (Å²) in [4.78, 5) is 8.37. The van der Waals surface area contributed by atoms with Crippen molar-refractivity contribution in [2.75, 3.05) is 39.6 Å². The minimum Gasteiger partial charge on any atom is -0.491 e. The predicted molar refractivity (Wildman–Crippen MR) is 100 cm³/mol. The molecule has 0 saturated heterocycles. The third-order valence-electron chi connectivity index (χ3n) is 3.52. The highest BCUT2D eigenvalue weighted by Gasteiger charge is 2.04. The third-order valence-corrected chi connectivity index (χ3v) is 3.52. The van der Waals surface area contributed by atoms with Gasteiger partial charge in [0.15, 0.2) is 0 Å². The number of nitrogens with zero attached hydrogens (tertiary/aromatic N) is 4. The summed E-state index contributed by atoms with van der Waals surface area (Å²) >= 11 is 0. The molecule has 0 aliphatic heterocycles. The molecular formula is C20H22N4O4. The van der Waals surface area contributed by atoms with Crippen LogP contribution in [0.15, 0.2) is 24.3 Å². The van der Waals surface area contributed by atoms with Crippen molar-refractivity contribution >= 4 is 0 Å². The fourth-order valence-electron chi connectivity index (χ4n) is 2.29. The Morgan fingerprint density at radius 1 is 0.750 bits per heavy atom. The van der Waals surface area contributed by atoms with Crippen molar-refractivity contribution in [3.8, 4) is 23.9 Å². The number of rotatable bonds is 11. The Hall–Kier alpha value is -3.20. The second kappa shape index (κ2) is 11.5. The zero-order chi connectivity index (χ0) is 20.2. The summed E-state index contributed by atoms with van der Waals surface area (Å²) in [6.45, 7) is 6.16. The normalized spacial score (nSPS) is 10.1.